The summed E-state index contributed by atoms with van der Waals surface area (Å²) in [5.74, 6) is 0.0171. The van der Waals surface area contributed by atoms with Crippen molar-refractivity contribution < 1.29 is 4.79 Å². The molecule has 5 heteroatoms. The number of aryl methyl sites for hydroxylation is 2. The lowest BCUT2D eigenvalue weighted by Gasteiger charge is -2.16. The molecule has 2 N–H and O–H groups in total. The first-order valence-corrected chi connectivity index (χ1v) is 5.43. The molecule has 1 aliphatic heterocycles. The van der Waals surface area contributed by atoms with Crippen molar-refractivity contribution in [2.45, 2.75) is 26.3 Å². The van der Waals surface area contributed by atoms with Crippen molar-refractivity contribution in [3.63, 3.8) is 0 Å². The summed E-state index contributed by atoms with van der Waals surface area (Å²) in [6.07, 6.45) is 0.877. The molecule has 1 aliphatic rings. The summed E-state index contributed by atoms with van der Waals surface area (Å²) in [4.78, 5) is 14.0. The molecule has 2 rings (SSSR count). The van der Waals surface area contributed by atoms with E-state index < -0.39 is 0 Å². The SMILES string of the molecule is Cc1cc(C(=O)N2CC[C@H](N)C2)c(C)nn1. The summed E-state index contributed by atoms with van der Waals surface area (Å²) >= 11 is 0. The van der Waals surface area contributed by atoms with Crippen LogP contribution in [0.5, 0.6) is 0 Å². The molecule has 0 radical (unpaired) electrons. The van der Waals surface area contributed by atoms with Crippen LogP contribution in [0.3, 0.4) is 0 Å². The zero-order valence-electron chi connectivity index (χ0n) is 9.60. The maximum Gasteiger partial charge on any atom is 0.255 e. The van der Waals surface area contributed by atoms with Crippen molar-refractivity contribution in [1.82, 2.24) is 15.1 Å². The highest BCUT2D eigenvalue weighted by Gasteiger charge is 2.25. The van der Waals surface area contributed by atoms with Crippen LogP contribution in [0.15, 0.2) is 6.07 Å². The Labute approximate surface area is 94.6 Å². The van der Waals surface area contributed by atoms with Crippen LogP contribution in [0.1, 0.15) is 28.2 Å². The third-order valence-electron chi connectivity index (χ3n) is 2.84. The molecule has 0 saturated carbocycles. The van der Waals surface area contributed by atoms with E-state index in [-0.39, 0.29) is 11.9 Å². The van der Waals surface area contributed by atoms with Gasteiger partial charge in [0.2, 0.25) is 0 Å². The van der Waals surface area contributed by atoms with Crippen LogP contribution in [0.25, 0.3) is 0 Å². The minimum Gasteiger partial charge on any atom is -0.337 e. The highest BCUT2D eigenvalue weighted by molar-refractivity contribution is 5.95. The average molecular weight is 220 g/mol. The van der Waals surface area contributed by atoms with Gasteiger partial charge in [0.1, 0.15) is 0 Å². The molecule has 5 nitrogen and oxygen atoms in total. The monoisotopic (exact) mass is 220 g/mol. The van der Waals surface area contributed by atoms with E-state index in [9.17, 15) is 4.79 Å². The zero-order chi connectivity index (χ0) is 11.7. The Morgan fingerprint density at radius 1 is 1.50 bits per heavy atom. The number of amides is 1. The van der Waals surface area contributed by atoms with E-state index in [1.165, 1.54) is 0 Å². The van der Waals surface area contributed by atoms with Crippen molar-refractivity contribution >= 4 is 5.91 Å². The lowest BCUT2D eigenvalue weighted by atomic mass is 10.2. The molecule has 0 aliphatic carbocycles. The first-order chi connectivity index (χ1) is 7.58. The summed E-state index contributed by atoms with van der Waals surface area (Å²) < 4.78 is 0. The van der Waals surface area contributed by atoms with E-state index in [1.807, 2.05) is 6.92 Å². The number of carbonyl (C=O) groups excluding carboxylic acids is 1. The van der Waals surface area contributed by atoms with Gasteiger partial charge in [-0.25, -0.2) is 0 Å². The van der Waals surface area contributed by atoms with Crippen LogP contribution in [0.2, 0.25) is 0 Å². The van der Waals surface area contributed by atoms with Crippen molar-refractivity contribution in [3.8, 4) is 0 Å². The lowest BCUT2D eigenvalue weighted by molar-refractivity contribution is 0.0789. The average Bonchev–Trinajstić information content (AvgIpc) is 2.67. The number of nitrogens with two attached hydrogens (primary N) is 1. The number of rotatable bonds is 1. The van der Waals surface area contributed by atoms with E-state index in [1.54, 1.807) is 17.9 Å². The van der Waals surface area contributed by atoms with Gasteiger partial charge in [-0.15, -0.1) is 0 Å². The van der Waals surface area contributed by atoms with Gasteiger partial charge in [0.25, 0.3) is 5.91 Å². The fourth-order valence-corrected chi connectivity index (χ4v) is 1.91. The second kappa shape index (κ2) is 4.17. The molecule has 86 valence electrons. The molecule has 0 spiro atoms. The molecular weight excluding hydrogens is 204 g/mol. The van der Waals surface area contributed by atoms with Gasteiger partial charge in [-0.3, -0.25) is 4.79 Å². The lowest BCUT2D eigenvalue weighted by Crippen LogP contribution is -2.32. The van der Waals surface area contributed by atoms with Crippen molar-refractivity contribution in [3.05, 3.63) is 23.0 Å². The summed E-state index contributed by atoms with van der Waals surface area (Å²) in [6.45, 7) is 5.01. The maximum absolute atomic E-state index is 12.2. The summed E-state index contributed by atoms with van der Waals surface area (Å²) in [7, 11) is 0. The van der Waals surface area contributed by atoms with Gasteiger partial charge in [0.05, 0.1) is 17.0 Å². The summed E-state index contributed by atoms with van der Waals surface area (Å²) in [6, 6.07) is 1.90. The topological polar surface area (TPSA) is 72.1 Å². The normalized spacial score (nSPS) is 20.2. The number of hydrogen-bond acceptors (Lipinski definition) is 4. The minimum absolute atomic E-state index is 0.0171. The Hall–Kier alpha value is -1.49. The van der Waals surface area contributed by atoms with Crippen molar-refractivity contribution in [2.75, 3.05) is 13.1 Å². The molecule has 16 heavy (non-hydrogen) atoms. The van der Waals surface area contributed by atoms with E-state index in [4.69, 9.17) is 5.73 Å². The number of hydrogen-bond donors (Lipinski definition) is 1. The third kappa shape index (κ3) is 2.04. The van der Waals surface area contributed by atoms with E-state index in [0.29, 0.717) is 17.8 Å². The molecule has 0 bridgehead atoms. The van der Waals surface area contributed by atoms with Crippen LogP contribution in [-0.4, -0.2) is 40.1 Å². The van der Waals surface area contributed by atoms with Crippen LogP contribution in [0, 0.1) is 13.8 Å². The van der Waals surface area contributed by atoms with Crippen molar-refractivity contribution in [2.24, 2.45) is 5.73 Å². The molecule has 1 amide bonds. The molecule has 1 saturated heterocycles. The Morgan fingerprint density at radius 2 is 2.25 bits per heavy atom. The summed E-state index contributed by atoms with van der Waals surface area (Å²) in [5.41, 5.74) is 7.87. The second-order valence-corrected chi connectivity index (χ2v) is 4.28. The summed E-state index contributed by atoms with van der Waals surface area (Å²) in [5, 5.41) is 7.88. The first-order valence-electron chi connectivity index (χ1n) is 5.43. The quantitative estimate of drug-likeness (QED) is 0.737. The van der Waals surface area contributed by atoms with Gasteiger partial charge in [-0.05, 0) is 26.3 Å². The first kappa shape index (κ1) is 11.0. The fraction of sp³-hybridized carbons (Fsp3) is 0.545. The van der Waals surface area contributed by atoms with E-state index in [2.05, 4.69) is 10.2 Å². The van der Waals surface area contributed by atoms with Gasteiger partial charge < -0.3 is 10.6 Å². The highest BCUT2D eigenvalue weighted by Crippen LogP contribution is 2.14. The maximum atomic E-state index is 12.2. The Kier molecular flexibility index (Phi) is 2.87. The molecule has 1 fully saturated rings. The van der Waals surface area contributed by atoms with Gasteiger partial charge in [0, 0.05) is 19.1 Å². The Morgan fingerprint density at radius 3 is 2.88 bits per heavy atom. The third-order valence-corrected chi connectivity index (χ3v) is 2.84. The number of likely N-dealkylation sites (tertiary alicyclic amines) is 1. The van der Waals surface area contributed by atoms with E-state index in [0.717, 1.165) is 18.7 Å². The zero-order valence-corrected chi connectivity index (χ0v) is 9.60. The molecule has 1 aromatic heterocycles. The smallest absolute Gasteiger partial charge is 0.255 e. The largest absolute Gasteiger partial charge is 0.337 e. The van der Waals surface area contributed by atoms with Crippen LogP contribution >= 0.6 is 0 Å². The standard InChI is InChI=1S/C11H16N4O/c1-7-5-10(8(2)14-13-7)11(16)15-4-3-9(12)6-15/h5,9H,3-4,6,12H2,1-2H3/t9-/m0/s1. The number of carbonyl (C=O) groups is 1. The molecule has 2 heterocycles. The molecule has 0 unspecified atom stereocenters. The van der Waals surface area contributed by atoms with E-state index >= 15 is 0 Å². The van der Waals surface area contributed by atoms with Gasteiger partial charge >= 0.3 is 0 Å². The predicted molar refractivity (Wildman–Crippen MR) is 60.0 cm³/mol. The number of aromatic nitrogens is 2. The Bertz CT molecular complexity index is 418. The van der Waals surface area contributed by atoms with Crippen molar-refractivity contribution in [1.29, 1.82) is 0 Å². The highest BCUT2D eigenvalue weighted by atomic mass is 16.2. The molecule has 1 aromatic rings. The second-order valence-electron chi connectivity index (χ2n) is 4.28. The van der Waals surface area contributed by atoms with Crippen LogP contribution < -0.4 is 5.73 Å². The van der Waals surface area contributed by atoms with Crippen LogP contribution in [0.4, 0.5) is 0 Å². The number of nitrogens with zero attached hydrogens (tertiary/aromatic N) is 3. The molecule has 0 aromatic carbocycles. The van der Waals surface area contributed by atoms with Gasteiger partial charge in [-0.2, -0.15) is 10.2 Å². The molecular formula is C11H16N4O. The minimum atomic E-state index is 0.0171. The fourth-order valence-electron chi connectivity index (χ4n) is 1.91. The van der Waals surface area contributed by atoms with Crippen LogP contribution in [-0.2, 0) is 0 Å². The molecule has 1 atom stereocenters. The predicted octanol–water partition coefficient (Wildman–Crippen LogP) is 0.267. The van der Waals surface area contributed by atoms with Gasteiger partial charge in [0.15, 0.2) is 0 Å². The Balaban J connectivity index is 2.23. The van der Waals surface area contributed by atoms with Gasteiger partial charge in [-0.1, -0.05) is 0 Å².